The van der Waals surface area contributed by atoms with Gasteiger partial charge in [0.15, 0.2) is 0 Å². The maximum Gasteiger partial charge on any atom is 0.242 e. The second-order valence-electron chi connectivity index (χ2n) is 3.90. The van der Waals surface area contributed by atoms with Crippen molar-refractivity contribution in [3.63, 3.8) is 0 Å². The van der Waals surface area contributed by atoms with Gasteiger partial charge in [0.1, 0.15) is 6.04 Å². The van der Waals surface area contributed by atoms with Crippen LogP contribution >= 0.6 is 12.4 Å². The number of amides is 2. The summed E-state index contributed by atoms with van der Waals surface area (Å²) in [6.45, 7) is 2.67. The first kappa shape index (κ1) is 15.2. The Morgan fingerprint density at radius 2 is 2.19 bits per heavy atom. The third-order valence-electron chi connectivity index (χ3n) is 2.61. The Morgan fingerprint density at radius 1 is 1.50 bits per heavy atom. The van der Waals surface area contributed by atoms with Crippen molar-refractivity contribution in [3.8, 4) is 0 Å². The lowest BCUT2D eigenvalue weighted by molar-refractivity contribution is -0.128. The number of carbonyl (C=O) groups is 2. The van der Waals surface area contributed by atoms with Crippen molar-refractivity contribution >= 4 is 24.2 Å². The van der Waals surface area contributed by atoms with Crippen LogP contribution in [0, 0.1) is 0 Å². The van der Waals surface area contributed by atoms with Gasteiger partial charge >= 0.3 is 0 Å². The average molecular weight is 250 g/mol. The third-order valence-corrected chi connectivity index (χ3v) is 2.61. The summed E-state index contributed by atoms with van der Waals surface area (Å²) in [4.78, 5) is 22.6. The standard InChI is InChI=1S/C10H19N3O2.ClH/c1-7(10(15)11-2)13-9(14)6-8-4-3-5-12-8;/h7-8,12H,3-6H2,1-2H3,(H,11,15)(H,13,14);1H/t7-,8?;/m1./s1. The molecule has 0 radical (unpaired) electrons. The molecular formula is C10H20ClN3O2. The fourth-order valence-corrected chi connectivity index (χ4v) is 1.74. The minimum Gasteiger partial charge on any atom is -0.357 e. The summed E-state index contributed by atoms with van der Waals surface area (Å²) >= 11 is 0. The second-order valence-corrected chi connectivity index (χ2v) is 3.90. The third kappa shape index (κ3) is 4.81. The SMILES string of the molecule is CNC(=O)[C@@H](C)NC(=O)CC1CCCN1.Cl. The van der Waals surface area contributed by atoms with E-state index in [1.165, 1.54) is 0 Å². The molecule has 0 aromatic rings. The van der Waals surface area contributed by atoms with E-state index in [0.29, 0.717) is 6.42 Å². The normalized spacial score (nSPS) is 20.8. The molecule has 1 rings (SSSR count). The fourth-order valence-electron chi connectivity index (χ4n) is 1.74. The smallest absolute Gasteiger partial charge is 0.242 e. The van der Waals surface area contributed by atoms with Gasteiger partial charge in [0.2, 0.25) is 11.8 Å². The van der Waals surface area contributed by atoms with Crippen LogP contribution < -0.4 is 16.0 Å². The molecule has 0 aromatic heterocycles. The molecule has 0 saturated carbocycles. The number of likely N-dealkylation sites (N-methyl/N-ethyl adjacent to an activating group) is 1. The van der Waals surface area contributed by atoms with Crippen LogP contribution in [-0.2, 0) is 9.59 Å². The van der Waals surface area contributed by atoms with Crippen LogP contribution in [-0.4, -0.2) is 37.5 Å². The quantitative estimate of drug-likeness (QED) is 0.646. The van der Waals surface area contributed by atoms with Crippen molar-refractivity contribution < 1.29 is 9.59 Å². The van der Waals surface area contributed by atoms with Gasteiger partial charge in [-0.05, 0) is 26.3 Å². The Hall–Kier alpha value is -0.810. The van der Waals surface area contributed by atoms with Crippen LogP contribution in [0.15, 0.2) is 0 Å². The zero-order valence-electron chi connectivity index (χ0n) is 9.71. The van der Waals surface area contributed by atoms with Gasteiger partial charge in [-0.2, -0.15) is 0 Å². The van der Waals surface area contributed by atoms with Crippen LogP contribution in [0.1, 0.15) is 26.2 Å². The average Bonchev–Trinajstić information content (AvgIpc) is 2.68. The van der Waals surface area contributed by atoms with E-state index >= 15 is 0 Å². The molecule has 2 amide bonds. The Labute approximate surface area is 102 Å². The lowest BCUT2D eigenvalue weighted by Crippen LogP contribution is -2.45. The summed E-state index contributed by atoms with van der Waals surface area (Å²) < 4.78 is 0. The molecule has 2 atom stereocenters. The first-order chi connectivity index (χ1) is 7.13. The van der Waals surface area contributed by atoms with Crippen molar-refractivity contribution in [1.82, 2.24) is 16.0 Å². The monoisotopic (exact) mass is 249 g/mol. The highest BCUT2D eigenvalue weighted by Crippen LogP contribution is 2.08. The minimum absolute atomic E-state index is 0. The van der Waals surface area contributed by atoms with E-state index in [1.807, 2.05) is 0 Å². The molecule has 16 heavy (non-hydrogen) atoms. The summed E-state index contributed by atoms with van der Waals surface area (Å²) in [5.41, 5.74) is 0. The molecule has 0 bridgehead atoms. The zero-order valence-corrected chi connectivity index (χ0v) is 10.5. The van der Waals surface area contributed by atoms with Crippen LogP contribution in [0.5, 0.6) is 0 Å². The van der Waals surface area contributed by atoms with E-state index in [-0.39, 0.29) is 30.3 Å². The van der Waals surface area contributed by atoms with E-state index in [0.717, 1.165) is 19.4 Å². The topological polar surface area (TPSA) is 70.2 Å². The Bertz CT molecular complexity index is 242. The lowest BCUT2D eigenvalue weighted by Gasteiger charge is -2.14. The van der Waals surface area contributed by atoms with Gasteiger partial charge < -0.3 is 16.0 Å². The maximum absolute atomic E-state index is 11.5. The molecule has 1 aliphatic rings. The molecule has 1 heterocycles. The van der Waals surface area contributed by atoms with Crippen molar-refractivity contribution in [1.29, 1.82) is 0 Å². The number of hydrogen-bond donors (Lipinski definition) is 3. The van der Waals surface area contributed by atoms with Gasteiger partial charge in [-0.25, -0.2) is 0 Å². The fraction of sp³-hybridized carbons (Fsp3) is 0.800. The highest BCUT2D eigenvalue weighted by atomic mass is 35.5. The van der Waals surface area contributed by atoms with E-state index in [1.54, 1.807) is 14.0 Å². The molecular weight excluding hydrogens is 230 g/mol. The predicted octanol–water partition coefficient (Wildman–Crippen LogP) is -0.199. The Morgan fingerprint density at radius 3 is 2.69 bits per heavy atom. The second kappa shape index (κ2) is 7.46. The van der Waals surface area contributed by atoms with Gasteiger partial charge in [-0.15, -0.1) is 12.4 Å². The maximum atomic E-state index is 11.5. The molecule has 5 nitrogen and oxygen atoms in total. The van der Waals surface area contributed by atoms with Crippen LogP contribution in [0.3, 0.4) is 0 Å². The van der Waals surface area contributed by atoms with Crippen LogP contribution in [0.4, 0.5) is 0 Å². The summed E-state index contributed by atoms with van der Waals surface area (Å²) in [5, 5.41) is 8.40. The molecule has 1 saturated heterocycles. The molecule has 0 spiro atoms. The first-order valence-corrected chi connectivity index (χ1v) is 5.38. The largest absolute Gasteiger partial charge is 0.357 e. The highest BCUT2D eigenvalue weighted by Gasteiger charge is 2.20. The van der Waals surface area contributed by atoms with Crippen LogP contribution in [0.25, 0.3) is 0 Å². The van der Waals surface area contributed by atoms with Gasteiger partial charge in [-0.3, -0.25) is 9.59 Å². The Kier molecular flexibility index (Phi) is 7.08. The van der Waals surface area contributed by atoms with E-state index in [9.17, 15) is 9.59 Å². The van der Waals surface area contributed by atoms with Gasteiger partial charge in [0, 0.05) is 19.5 Å². The van der Waals surface area contributed by atoms with Gasteiger partial charge in [0.25, 0.3) is 0 Å². The summed E-state index contributed by atoms with van der Waals surface area (Å²) in [6.07, 6.45) is 2.63. The van der Waals surface area contributed by atoms with Crippen molar-refractivity contribution in [2.45, 2.75) is 38.3 Å². The predicted molar refractivity (Wildman–Crippen MR) is 64.6 cm³/mol. The van der Waals surface area contributed by atoms with Crippen LogP contribution in [0.2, 0.25) is 0 Å². The number of hydrogen-bond acceptors (Lipinski definition) is 3. The summed E-state index contributed by atoms with van der Waals surface area (Å²) in [6, 6.07) is -0.175. The summed E-state index contributed by atoms with van der Waals surface area (Å²) in [7, 11) is 1.56. The molecule has 1 fully saturated rings. The molecule has 1 aliphatic heterocycles. The van der Waals surface area contributed by atoms with Crippen molar-refractivity contribution in [2.24, 2.45) is 0 Å². The van der Waals surface area contributed by atoms with E-state index in [4.69, 9.17) is 0 Å². The number of nitrogens with one attached hydrogen (secondary N) is 3. The summed E-state index contributed by atoms with van der Waals surface area (Å²) in [5.74, 6) is -0.228. The zero-order chi connectivity index (χ0) is 11.3. The number of carbonyl (C=O) groups excluding carboxylic acids is 2. The lowest BCUT2D eigenvalue weighted by atomic mass is 10.1. The van der Waals surface area contributed by atoms with Crippen molar-refractivity contribution in [2.75, 3.05) is 13.6 Å². The molecule has 0 aromatic carbocycles. The van der Waals surface area contributed by atoms with E-state index in [2.05, 4.69) is 16.0 Å². The molecule has 1 unspecified atom stereocenters. The minimum atomic E-state index is -0.455. The van der Waals surface area contributed by atoms with Crippen molar-refractivity contribution in [3.05, 3.63) is 0 Å². The highest BCUT2D eigenvalue weighted by molar-refractivity contribution is 5.87. The molecule has 94 valence electrons. The molecule has 0 aliphatic carbocycles. The van der Waals surface area contributed by atoms with E-state index < -0.39 is 6.04 Å². The van der Waals surface area contributed by atoms with Gasteiger partial charge in [-0.1, -0.05) is 0 Å². The molecule has 3 N–H and O–H groups in total. The first-order valence-electron chi connectivity index (χ1n) is 5.38. The number of halogens is 1. The number of rotatable bonds is 4. The molecule has 6 heteroatoms. The van der Waals surface area contributed by atoms with Gasteiger partial charge in [0.05, 0.1) is 0 Å². The Balaban J connectivity index is 0.00000225.